The number of anilines is 1. The molecule has 0 amide bonds. The molecular weight excluding hydrogens is 486 g/mol. The monoisotopic (exact) mass is 490 g/mol. The number of nitrogen functional groups attached to an aromatic ring is 1. The minimum Gasteiger partial charge on any atom is -0.318 e. The maximum atomic E-state index is 6.32. The molecule has 4 rings (SSSR count). The van der Waals surface area contributed by atoms with Gasteiger partial charge in [-0.25, -0.2) is 14.5 Å². The Labute approximate surface area is 160 Å². The molecule has 4 aromatic heterocycles. The van der Waals surface area contributed by atoms with Gasteiger partial charge >= 0.3 is 0 Å². The second-order valence-electron chi connectivity index (χ2n) is 4.71. The molecule has 5 nitrogen and oxygen atoms in total. The van der Waals surface area contributed by atoms with Gasteiger partial charge in [0.15, 0.2) is 0 Å². The summed E-state index contributed by atoms with van der Waals surface area (Å²) in [6.07, 6.45) is 3.22. The van der Waals surface area contributed by atoms with E-state index in [1.54, 1.807) is 29.0 Å². The Kier molecular flexibility index (Phi) is 4.01. The lowest BCUT2D eigenvalue weighted by Gasteiger charge is -2.03. The second-order valence-corrected chi connectivity index (χ2v) is 8.65. The van der Waals surface area contributed by atoms with Crippen LogP contribution >= 0.6 is 66.1 Å². The lowest BCUT2D eigenvalue weighted by atomic mass is 10.3. The topological polar surface area (TPSA) is 68.6 Å². The first-order valence-electron chi connectivity index (χ1n) is 6.34. The van der Waals surface area contributed by atoms with E-state index < -0.39 is 0 Å². The zero-order valence-electron chi connectivity index (χ0n) is 11.3. The Bertz CT molecular complexity index is 1060. The van der Waals surface area contributed by atoms with Gasteiger partial charge in [-0.05, 0) is 31.9 Å². The number of nitrogens with two attached hydrogens (primary N) is 1. The summed E-state index contributed by atoms with van der Waals surface area (Å²) in [4.78, 5) is 15.6. The van der Waals surface area contributed by atoms with E-state index >= 15 is 0 Å². The number of aromatic nitrogens is 4. The number of nitrogens with zero attached hydrogens (tertiary/aromatic N) is 4. The summed E-state index contributed by atoms with van der Waals surface area (Å²) in [7, 11) is 0. The Balaban J connectivity index is 1.85. The van der Waals surface area contributed by atoms with Crippen molar-refractivity contribution in [1.29, 1.82) is 0 Å². The van der Waals surface area contributed by atoms with E-state index in [1.165, 1.54) is 6.33 Å². The second kappa shape index (κ2) is 5.89. The molecule has 10 heteroatoms. The molecule has 2 N–H and O–H groups in total. The molecule has 0 unspecified atom stereocenters. The number of hydrogen-bond donors (Lipinski definition) is 1. The fourth-order valence-electron chi connectivity index (χ4n) is 2.28. The quantitative estimate of drug-likeness (QED) is 0.333. The number of rotatable bonds is 2. The SMILES string of the molecule is Nc1c2c(Br)csc2nc[n+]1Cc1sc2ncnc(Cl)c2c1Br. The van der Waals surface area contributed by atoms with Crippen LogP contribution in [0.25, 0.3) is 20.4 Å². The summed E-state index contributed by atoms with van der Waals surface area (Å²) < 4.78 is 3.78. The average Bonchev–Trinajstić information content (AvgIpc) is 3.05. The van der Waals surface area contributed by atoms with E-state index in [0.29, 0.717) is 17.5 Å². The third kappa shape index (κ3) is 2.54. The van der Waals surface area contributed by atoms with Crippen LogP contribution < -0.4 is 10.3 Å². The van der Waals surface area contributed by atoms with Crippen LogP contribution in [0.4, 0.5) is 5.82 Å². The van der Waals surface area contributed by atoms with Crippen molar-refractivity contribution in [3.8, 4) is 0 Å². The fourth-order valence-corrected chi connectivity index (χ4v) is 6.15. The van der Waals surface area contributed by atoms with Crippen molar-refractivity contribution in [2.75, 3.05) is 5.73 Å². The Morgan fingerprint density at radius 2 is 2.00 bits per heavy atom. The molecule has 23 heavy (non-hydrogen) atoms. The molecule has 0 aliphatic heterocycles. The van der Waals surface area contributed by atoms with Gasteiger partial charge in [0.2, 0.25) is 17.0 Å². The standard InChI is InChI=1S/C13H6Br2ClN5S2/c14-5-2-22-12-7(5)11(17)21(4-20-12)1-6-9(15)8-10(16)18-3-19-13(8)23-6/h2-4,17H,1H2/p+1. The van der Waals surface area contributed by atoms with Crippen LogP contribution in [-0.2, 0) is 6.54 Å². The van der Waals surface area contributed by atoms with Gasteiger partial charge in [-0.15, -0.1) is 22.7 Å². The normalized spacial score (nSPS) is 11.6. The molecule has 0 fully saturated rings. The maximum Gasteiger partial charge on any atom is 0.232 e. The summed E-state index contributed by atoms with van der Waals surface area (Å²) in [5.41, 5.74) is 6.32. The summed E-state index contributed by atoms with van der Waals surface area (Å²) in [6, 6.07) is 0. The van der Waals surface area contributed by atoms with E-state index in [0.717, 1.165) is 34.3 Å². The minimum atomic E-state index is 0.441. The number of thiophene rings is 2. The van der Waals surface area contributed by atoms with Crippen LogP contribution in [0, 0.1) is 0 Å². The van der Waals surface area contributed by atoms with Gasteiger partial charge in [-0.3, -0.25) is 0 Å². The van der Waals surface area contributed by atoms with Crippen molar-refractivity contribution < 1.29 is 4.57 Å². The van der Waals surface area contributed by atoms with Crippen molar-refractivity contribution in [1.82, 2.24) is 15.0 Å². The predicted octanol–water partition coefficient (Wildman–Crippen LogP) is 4.40. The molecule has 0 atom stereocenters. The van der Waals surface area contributed by atoms with E-state index in [2.05, 4.69) is 46.8 Å². The highest BCUT2D eigenvalue weighted by Crippen LogP contribution is 2.38. The van der Waals surface area contributed by atoms with Gasteiger partial charge < -0.3 is 5.73 Å². The largest absolute Gasteiger partial charge is 0.318 e. The Morgan fingerprint density at radius 1 is 1.17 bits per heavy atom. The van der Waals surface area contributed by atoms with Gasteiger partial charge in [0, 0.05) is 14.3 Å². The third-order valence-corrected chi connectivity index (χ3v) is 7.69. The molecule has 0 bridgehead atoms. The van der Waals surface area contributed by atoms with Crippen molar-refractivity contribution in [3.63, 3.8) is 0 Å². The Morgan fingerprint density at radius 3 is 2.78 bits per heavy atom. The van der Waals surface area contributed by atoms with Crippen LogP contribution in [0.1, 0.15) is 4.88 Å². The summed E-state index contributed by atoms with van der Waals surface area (Å²) in [5.74, 6) is 0.671. The summed E-state index contributed by atoms with van der Waals surface area (Å²) in [6.45, 7) is 0.578. The van der Waals surface area contributed by atoms with Crippen LogP contribution in [0.5, 0.6) is 0 Å². The molecule has 4 heterocycles. The van der Waals surface area contributed by atoms with Gasteiger partial charge in [0.25, 0.3) is 0 Å². The lowest BCUT2D eigenvalue weighted by Crippen LogP contribution is -2.37. The van der Waals surface area contributed by atoms with Crippen LogP contribution in [-0.4, -0.2) is 15.0 Å². The predicted molar refractivity (Wildman–Crippen MR) is 101 cm³/mol. The van der Waals surface area contributed by atoms with Crippen molar-refractivity contribution >= 4 is 92.4 Å². The first-order chi connectivity index (χ1) is 11.1. The highest BCUT2D eigenvalue weighted by atomic mass is 79.9. The zero-order valence-corrected chi connectivity index (χ0v) is 16.8. The minimum absolute atomic E-state index is 0.441. The molecule has 0 spiro atoms. The van der Waals surface area contributed by atoms with Crippen molar-refractivity contribution in [2.45, 2.75) is 6.54 Å². The van der Waals surface area contributed by atoms with E-state index in [4.69, 9.17) is 17.3 Å². The average molecular weight is 493 g/mol. The number of halogens is 3. The molecule has 0 aliphatic rings. The fraction of sp³-hybridized carbons (Fsp3) is 0.0769. The van der Waals surface area contributed by atoms with Gasteiger partial charge in [0.1, 0.15) is 28.2 Å². The first-order valence-corrected chi connectivity index (χ1v) is 10.00. The number of hydrogen-bond acceptors (Lipinski definition) is 6. The van der Waals surface area contributed by atoms with Crippen LogP contribution in [0.15, 0.2) is 27.0 Å². The molecular formula is C13H7Br2ClN5S2+. The van der Waals surface area contributed by atoms with Gasteiger partial charge in [-0.1, -0.05) is 16.6 Å². The van der Waals surface area contributed by atoms with Crippen molar-refractivity contribution in [3.05, 3.63) is 37.0 Å². The third-order valence-electron chi connectivity index (χ3n) is 3.37. The first kappa shape index (κ1) is 15.6. The van der Waals surface area contributed by atoms with Crippen LogP contribution in [0.3, 0.4) is 0 Å². The zero-order chi connectivity index (χ0) is 16.1. The van der Waals surface area contributed by atoms with Gasteiger partial charge in [0.05, 0.1) is 10.3 Å². The van der Waals surface area contributed by atoms with E-state index in [-0.39, 0.29) is 0 Å². The van der Waals surface area contributed by atoms with Crippen molar-refractivity contribution in [2.24, 2.45) is 0 Å². The lowest BCUT2D eigenvalue weighted by molar-refractivity contribution is -0.675. The highest BCUT2D eigenvalue weighted by molar-refractivity contribution is 9.11. The molecule has 0 aromatic carbocycles. The molecule has 0 saturated heterocycles. The van der Waals surface area contributed by atoms with Gasteiger partial charge in [-0.2, -0.15) is 0 Å². The molecule has 0 aliphatic carbocycles. The Hall–Kier alpha value is -0.870. The number of fused-ring (bicyclic) bond motifs is 2. The molecule has 0 radical (unpaired) electrons. The van der Waals surface area contributed by atoms with Crippen LogP contribution in [0.2, 0.25) is 5.15 Å². The summed E-state index contributed by atoms with van der Waals surface area (Å²) in [5, 5.41) is 4.20. The molecule has 116 valence electrons. The maximum absolute atomic E-state index is 6.32. The van der Waals surface area contributed by atoms with E-state index in [1.807, 2.05) is 9.95 Å². The molecule has 4 aromatic rings. The van der Waals surface area contributed by atoms with E-state index in [9.17, 15) is 0 Å². The smallest absolute Gasteiger partial charge is 0.232 e. The highest BCUT2D eigenvalue weighted by Gasteiger charge is 2.20. The molecule has 0 saturated carbocycles. The summed E-state index contributed by atoms with van der Waals surface area (Å²) >= 11 is 16.4.